The minimum Gasteiger partial charge on any atom is -0.497 e. The van der Waals surface area contributed by atoms with Crippen LogP contribution in [0.3, 0.4) is 0 Å². The molecule has 4 rings (SSSR count). The fourth-order valence-electron chi connectivity index (χ4n) is 3.46. The number of halogens is 1. The van der Waals surface area contributed by atoms with E-state index in [9.17, 15) is 14.0 Å². The number of esters is 1. The molecule has 0 spiro atoms. The topological polar surface area (TPSA) is 108 Å². The molecule has 0 bridgehead atoms. The molecule has 3 aromatic rings. The molecule has 2 N–H and O–H groups in total. The summed E-state index contributed by atoms with van der Waals surface area (Å²) in [5, 5.41) is 6.45. The number of rotatable bonds is 11. The van der Waals surface area contributed by atoms with Gasteiger partial charge in [-0.3, -0.25) is 4.79 Å². The van der Waals surface area contributed by atoms with E-state index in [0.717, 1.165) is 29.9 Å². The number of hydrogen-bond acceptors (Lipinski definition) is 9. The van der Waals surface area contributed by atoms with E-state index in [2.05, 4.69) is 15.0 Å². The fourth-order valence-corrected chi connectivity index (χ4v) is 4.18. The minimum atomic E-state index is -0.633. The number of benzene rings is 2. The standard InChI is InChI=1S/C25H26FN3O6S/c1-32-19-7-4-15(20(11-19)33-2)12-27-24-21(25(31)34-3)23(29-36-24)35-13-14-8-16(10-17(26)9-14)22(30)28-18-5-6-18/h4,7-11,18,27H,5-6,12-13H2,1-3H3,(H,28,30). The van der Waals surface area contributed by atoms with Gasteiger partial charge in [0, 0.05) is 29.8 Å². The van der Waals surface area contributed by atoms with Crippen LogP contribution in [0.2, 0.25) is 0 Å². The number of carbonyl (C=O) groups is 2. The molecule has 36 heavy (non-hydrogen) atoms. The van der Waals surface area contributed by atoms with Gasteiger partial charge in [-0.25, -0.2) is 9.18 Å². The molecule has 2 aromatic carbocycles. The Balaban J connectivity index is 1.49. The smallest absolute Gasteiger partial charge is 0.346 e. The third-order valence-corrected chi connectivity index (χ3v) is 6.28. The first-order valence-corrected chi connectivity index (χ1v) is 11.9. The number of ether oxygens (including phenoxy) is 4. The van der Waals surface area contributed by atoms with Gasteiger partial charge in [-0.1, -0.05) is 0 Å². The molecule has 0 radical (unpaired) electrons. The maximum atomic E-state index is 14.2. The maximum Gasteiger partial charge on any atom is 0.346 e. The molecule has 0 unspecified atom stereocenters. The van der Waals surface area contributed by atoms with Crippen molar-refractivity contribution in [2.75, 3.05) is 26.6 Å². The highest BCUT2D eigenvalue weighted by Gasteiger charge is 2.25. The monoisotopic (exact) mass is 515 g/mol. The van der Waals surface area contributed by atoms with Crippen molar-refractivity contribution < 1.29 is 32.9 Å². The molecule has 1 aliphatic rings. The number of amides is 1. The van der Waals surface area contributed by atoms with Gasteiger partial charge in [-0.05, 0) is 60.3 Å². The van der Waals surface area contributed by atoms with Crippen molar-refractivity contribution in [3.8, 4) is 17.4 Å². The lowest BCUT2D eigenvalue weighted by Gasteiger charge is -2.12. The quantitative estimate of drug-likeness (QED) is 0.367. The first kappa shape index (κ1) is 25.2. The second-order valence-electron chi connectivity index (χ2n) is 8.10. The highest BCUT2D eigenvalue weighted by Crippen LogP contribution is 2.33. The summed E-state index contributed by atoms with van der Waals surface area (Å²) in [5.41, 5.74) is 1.60. The van der Waals surface area contributed by atoms with Crippen molar-refractivity contribution in [2.24, 2.45) is 0 Å². The summed E-state index contributed by atoms with van der Waals surface area (Å²) in [6, 6.07) is 9.58. The maximum absolute atomic E-state index is 14.2. The second kappa shape index (κ2) is 11.3. The van der Waals surface area contributed by atoms with Gasteiger partial charge in [0.2, 0.25) is 5.88 Å². The molecule has 0 atom stereocenters. The zero-order valence-corrected chi connectivity index (χ0v) is 20.9. The normalized spacial score (nSPS) is 12.6. The van der Waals surface area contributed by atoms with Crippen LogP contribution < -0.4 is 24.8 Å². The summed E-state index contributed by atoms with van der Waals surface area (Å²) in [6.07, 6.45) is 1.86. The van der Waals surface area contributed by atoms with Gasteiger partial charge >= 0.3 is 5.97 Å². The average molecular weight is 516 g/mol. The summed E-state index contributed by atoms with van der Waals surface area (Å²) in [6.45, 7) is 0.239. The summed E-state index contributed by atoms with van der Waals surface area (Å²) in [5.74, 6) is -0.196. The summed E-state index contributed by atoms with van der Waals surface area (Å²) in [7, 11) is 4.39. The molecule has 190 valence electrons. The Morgan fingerprint density at radius 1 is 1.11 bits per heavy atom. The Kier molecular flexibility index (Phi) is 7.89. The zero-order valence-electron chi connectivity index (χ0n) is 20.1. The molecule has 9 nitrogen and oxygen atoms in total. The molecule has 11 heteroatoms. The predicted molar refractivity (Wildman–Crippen MR) is 132 cm³/mol. The first-order valence-electron chi connectivity index (χ1n) is 11.2. The summed E-state index contributed by atoms with van der Waals surface area (Å²) in [4.78, 5) is 24.8. The molecular weight excluding hydrogens is 489 g/mol. The number of hydrogen-bond donors (Lipinski definition) is 2. The minimum absolute atomic E-state index is 0.0456. The van der Waals surface area contributed by atoms with Crippen LogP contribution in [0.25, 0.3) is 0 Å². The number of aromatic nitrogens is 1. The van der Waals surface area contributed by atoms with Crippen LogP contribution in [0.4, 0.5) is 9.39 Å². The lowest BCUT2D eigenvalue weighted by atomic mass is 10.1. The van der Waals surface area contributed by atoms with E-state index >= 15 is 0 Å². The Hall–Kier alpha value is -3.86. The molecule has 0 saturated heterocycles. The number of methoxy groups -OCH3 is 3. The van der Waals surface area contributed by atoms with Crippen LogP contribution in [-0.2, 0) is 17.9 Å². The van der Waals surface area contributed by atoms with Gasteiger partial charge in [-0.2, -0.15) is 4.37 Å². The molecule has 1 aliphatic carbocycles. The number of nitrogens with one attached hydrogen (secondary N) is 2. The Bertz CT molecular complexity index is 1260. The van der Waals surface area contributed by atoms with Crippen molar-refractivity contribution >= 4 is 28.4 Å². The molecule has 0 aliphatic heterocycles. The van der Waals surface area contributed by atoms with Gasteiger partial charge < -0.3 is 29.6 Å². The van der Waals surface area contributed by atoms with Crippen LogP contribution in [0, 0.1) is 5.82 Å². The molecule has 1 aromatic heterocycles. The highest BCUT2D eigenvalue weighted by atomic mass is 32.1. The van der Waals surface area contributed by atoms with Crippen LogP contribution in [0.15, 0.2) is 36.4 Å². The SMILES string of the molecule is COC(=O)c1c(OCc2cc(F)cc(C(=O)NC3CC3)c2)nsc1NCc1ccc(OC)cc1OC. The van der Waals surface area contributed by atoms with Crippen molar-refractivity contribution in [3.63, 3.8) is 0 Å². The van der Waals surface area contributed by atoms with E-state index in [1.165, 1.54) is 19.2 Å². The van der Waals surface area contributed by atoms with E-state index < -0.39 is 11.8 Å². The van der Waals surface area contributed by atoms with Gasteiger partial charge in [0.1, 0.15) is 28.9 Å². The van der Waals surface area contributed by atoms with E-state index in [0.29, 0.717) is 28.6 Å². The summed E-state index contributed by atoms with van der Waals surface area (Å²) >= 11 is 1.03. The lowest BCUT2D eigenvalue weighted by Crippen LogP contribution is -2.25. The Labute approximate surface area is 211 Å². The predicted octanol–water partition coefficient (Wildman–Crippen LogP) is 4.17. The van der Waals surface area contributed by atoms with E-state index in [-0.39, 0.29) is 35.6 Å². The van der Waals surface area contributed by atoms with E-state index in [1.54, 1.807) is 32.4 Å². The van der Waals surface area contributed by atoms with Crippen molar-refractivity contribution in [2.45, 2.75) is 32.0 Å². The molecule has 1 fully saturated rings. The van der Waals surface area contributed by atoms with E-state index in [4.69, 9.17) is 18.9 Å². The number of carbonyl (C=O) groups excluding carboxylic acids is 2. The second-order valence-corrected chi connectivity index (χ2v) is 8.87. The fraction of sp³-hybridized carbons (Fsp3) is 0.320. The Morgan fingerprint density at radius 3 is 2.61 bits per heavy atom. The highest BCUT2D eigenvalue weighted by molar-refractivity contribution is 7.10. The van der Waals surface area contributed by atoms with E-state index in [1.807, 2.05) is 6.07 Å². The summed E-state index contributed by atoms with van der Waals surface area (Å²) < 4.78 is 39.7. The van der Waals surface area contributed by atoms with Crippen LogP contribution in [0.1, 0.15) is 44.7 Å². The van der Waals surface area contributed by atoms with Crippen molar-refractivity contribution in [1.82, 2.24) is 9.69 Å². The number of nitrogens with zero attached hydrogens (tertiary/aromatic N) is 1. The Morgan fingerprint density at radius 2 is 1.92 bits per heavy atom. The van der Waals surface area contributed by atoms with Gasteiger partial charge in [0.05, 0.1) is 21.3 Å². The third-order valence-electron chi connectivity index (χ3n) is 5.49. The first-order chi connectivity index (χ1) is 17.4. The largest absolute Gasteiger partial charge is 0.497 e. The van der Waals surface area contributed by atoms with Crippen molar-refractivity contribution in [1.29, 1.82) is 0 Å². The van der Waals surface area contributed by atoms with Crippen LogP contribution >= 0.6 is 11.5 Å². The lowest BCUT2D eigenvalue weighted by molar-refractivity contribution is 0.0596. The molecular formula is C25H26FN3O6S. The molecule has 1 heterocycles. The van der Waals surface area contributed by atoms with Gasteiger partial charge in [0.25, 0.3) is 5.91 Å². The van der Waals surface area contributed by atoms with Gasteiger partial charge in [0.15, 0.2) is 5.56 Å². The zero-order chi connectivity index (χ0) is 25.7. The number of anilines is 1. The van der Waals surface area contributed by atoms with Crippen LogP contribution in [-0.4, -0.2) is 43.6 Å². The van der Waals surface area contributed by atoms with Crippen LogP contribution in [0.5, 0.6) is 17.4 Å². The van der Waals surface area contributed by atoms with Crippen molar-refractivity contribution in [3.05, 3.63) is 64.5 Å². The average Bonchev–Trinajstić information content (AvgIpc) is 3.61. The molecule has 1 amide bonds. The molecule has 1 saturated carbocycles. The van der Waals surface area contributed by atoms with Gasteiger partial charge in [-0.15, -0.1) is 0 Å². The third kappa shape index (κ3) is 6.03.